The molecule has 0 unspecified atom stereocenters. The smallest absolute Gasteiger partial charge is 0.253 e. The van der Waals surface area contributed by atoms with E-state index in [0.29, 0.717) is 6.54 Å². The Labute approximate surface area is 115 Å². The van der Waals surface area contributed by atoms with E-state index in [4.69, 9.17) is 5.73 Å². The third-order valence-corrected chi connectivity index (χ3v) is 3.34. The molecule has 1 amide bonds. The van der Waals surface area contributed by atoms with E-state index >= 15 is 0 Å². The molecular weight excluding hydrogens is 270 g/mol. The first kappa shape index (κ1) is 15.8. The van der Waals surface area contributed by atoms with Gasteiger partial charge in [0.1, 0.15) is 0 Å². The van der Waals surface area contributed by atoms with Gasteiger partial charge in [-0.1, -0.05) is 6.42 Å². The standard InChI is InChI=1S/C13H18F2N2OS/c1-19-6-4-2-3-5-17-13(18)9-7-10(14)11(15)8-12(9)16/h7-8H,2-6,16H2,1H3,(H,17,18). The lowest BCUT2D eigenvalue weighted by Crippen LogP contribution is -2.25. The zero-order valence-electron chi connectivity index (χ0n) is 10.8. The Hall–Kier alpha value is -1.30. The molecule has 0 radical (unpaired) electrons. The number of nitrogens with one attached hydrogen (secondary N) is 1. The zero-order chi connectivity index (χ0) is 14.3. The predicted molar refractivity (Wildman–Crippen MR) is 75.3 cm³/mol. The van der Waals surface area contributed by atoms with Gasteiger partial charge >= 0.3 is 0 Å². The van der Waals surface area contributed by atoms with Crippen LogP contribution in [0.4, 0.5) is 14.5 Å². The highest BCUT2D eigenvalue weighted by Gasteiger charge is 2.13. The summed E-state index contributed by atoms with van der Waals surface area (Å²) >= 11 is 1.79. The molecule has 0 heterocycles. The van der Waals surface area contributed by atoms with E-state index in [9.17, 15) is 13.6 Å². The van der Waals surface area contributed by atoms with Crippen LogP contribution in [0.2, 0.25) is 0 Å². The molecule has 106 valence electrons. The Kier molecular flexibility index (Phi) is 6.62. The number of anilines is 1. The monoisotopic (exact) mass is 288 g/mol. The summed E-state index contributed by atoms with van der Waals surface area (Å²) in [5.41, 5.74) is 5.41. The lowest BCUT2D eigenvalue weighted by atomic mass is 10.1. The molecule has 0 aromatic heterocycles. The van der Waals surface area contributed by atoms with Crippen LogP contribution in [0.3, 0.4) is 0 Å². The maximum atomic E-state index is 13.0. The van der Waals surface area contributed by atoms with Crippen LogP contribution in [0, 0.1) is 11.6 Å². The van der Waals surface area contributed by atoms with Crippen molar-refractivity contribution in [1.82, 2.24) is 5.32 Å². The average molecular weight is 288 g/mol. The SMILES string of the molecule is CSCCCCCNC(=O)c1cc(F)c(F)cc1N. The molecule has 0 aliphatic carbocycles. The number of nitrogens with two attached hydrogens (primary N) is 1. The summed E-state index contributed by atoms with van der Waals surface area (Å²) in [6.45, 7) is 0.506. The minimum absolute atomic E-state index is 0.0250. The van der Waals surface area contributed by atoms with Crippen LogP contribution in [0.5, 0.6) is 0 Å². The van der Waals surface area contributed by atoms with Crippen molar-refractivity contribution in [3.63, 3.8) is 0 Å². The molecule has 0 bridgehead atoms. The van der Waals surface area contributed by atoms with E-state index in [2.05, 4.69) is 5.32 Å². The number of thioether (sulfide) groups is 1. The first-order chi connectivity index (χ1) is 9.06. The molecule has 3 nitrogen and oxygen atoms in total. The van der Waals surface area contributed by atoms with Crippen LogP contribution in [0.1, 0.15) is 29.6 Å². The molecule has 0 aliphatic heterocycles. The highest BCUT2D eigenvalue weighted by atomic mass is 32.2. The maximum absolute atomic E-state index is 13.0. The summed E-state index contributed by atoms with van der Waals surface area (Å²) in [6.07, 6.45) is 5.03. The van der Waals surface area contributed by atoms with Gasteiger partial charge in [-0.2, -0.15) is 11.8 Å². The lowest BCUT2D eigenvalue weighted by Gasteiger charge is -2.08. The Balaban J connectivity index is 2.43. The summed E-state index contributed by atoms with van der Waals surface area (Å²) < 4.78 is 25.9. The Morgan fingerprint density at radius 3 is 2.63 bits per heavy atom. The largest absolute Gasteiger partial charge is 0.398 e. The average Bonchev–Trinajstić information content (AvgIpc) is 2.37. The van der Waals surface area contributed by atoms with Gasteiger partial charge in [-0.15, -0.1) is 0 Å². The minimum Gasteiger partial charge on any atom is -0.398 e. The Bertz CT molecular complexity index is 441. The van der Waals surface area contributed by atoms with Crippen LogP contribution in [0.15, 0.2) is 12.1 Å². The van der Waals surface area contributed by atoms with Crippen LogP contribution in [0.25, 0.3) is 0 Å². The molecule has 0 atom stereocenters. The Morgan fingerprint density at radius 1 is 1.26 bits per heavy atom. The summed E-state index contributed by atoms with van der Waals surface area (Å²) in [5, 5.41) is 2.65. The molecule has 0 saturated heterocycles. The summed E-state index contributed by atoms with van der Waals surface area (Å²) in [6, 6.07) is 1.65. The highest BCUT2D eigenvalue weighted by molar-refractivity contribution is 7.98. The fourth-order valence-corrected chi connectivity index (χ4v) is 2.10. The molecule has 0 spiro atoms. The van der Waals surface area contributed by atoms with Crippen molar-refractivity contribution in [1.29, 1.82) is 0 Å². The van der Waals surface area contributed by atoms with Gasteiger partial charge in [0, 0.05) is 18.3 Å². The molecule has 1 rings (SSSR count). The van der Waals surface area contributed by atoms with E-state index in [1.165, 1.54) is 0 Å². The number of benzene rings is 1. The Morgan fingerprint density at radius 2 is 1.95 bits per heavy atom. The second-order valence-corrected chi connectivity index (χ2v) is 5.15. The number of hydrogen-bond donors (Lipinski definition) is 2. The number of amides is 1. The first-order valence-corrected chi connectivity index (χ1v) is 7.47. The number of halogens is 2. The number of unbranched alkanes of at least 4 members (excludes halogenated alkanes) is 2. The third-order valence-electron chi connectivity index (χ3n) is 2.65. The van der Waals surface area contributed by atoms with Gasteiger partial charge in [0.25, 0.3) is 5.91 Å². The van der Waals surface area contributed by atoms with Crippen molar-refractivity contribution in [3.8, 4) is 0 Å². The van der Waals surface area contributed by atoms with E-state index in [1.54, 1.807) is 11.8 Å². The molecule has 6 heteroatoms. The molecule has 0 fully saturated rings. The number of carbonyl (C=O) groups excluding carboxylic acids is 1. The summed E-state index contributed by atoms with van der Waals surface area (Å²) in [7, 11) is 0. The van der Waals surface area contributed by atoms with Gasteiger partial charge in [0.15, 0.2) is 11.6 Å². The number of rotatable bonds is 7. The first-order valence-electron chi connectivity index (χ1n) is 6.08. The van der Waals surface area contributed by atoms with E-state index in [1.807, 2.05) is 6.26 Å². The number of hydrogen-bond acceptors (Lipinski definition) is 3. The van der Waals surface area contributed by atoms with Crippen molar-refractivity contribution in [3.05, 3.63) is 29.3 Å². The lowest BCUT2D eigenvalue weighted by molar-refractivity contribution is 0.0953. The summed E-state index contributed by atoms with van der Waals surface area (Å²) in [4.78, 5) is 11.7. The van der Waals surface area contributed by atoms with Gasteiger partial charge in [0.05, 0.1) is 5.56 Å². The van der Waals surface area contributed by atoms with Crippen LogP contribution in [-0.4, -0.2) is 24.5 Å². The minimum atomic E-state index is -1.07. The van der Waals surface area contributed by atoms with E-state index < -0.39 is 17.5 Å². The van der Waals surface area contributed by atoms with Crippen LogP contribution < -0.4 is 11.1 Å². The molecule has 0 aliphatic rings. The highest BCUT2D eigenvalue weighted by Crippen LogP contribution is 2.16. The molecule has 1 aromatic rings. The van der Waals surface area contributed by atoms with E-state index in [-0.39, 0.29) is 11.3 Å². The molecule has 1 aromatic carbocycles. The van der Waals surface area contributed by atoms with Gasteiger partial charge < -0.3 is 11.1 Å². The van der Waals surface area contributed by atoms with Crippen molar-refractivity contribution < 1.29 is 13.6 Å². The van der Waals surface area contributed by atoms with E-state index in [0.717, 1.165) is 37.1 Å². The van der Waals surface area contributed by atoms with Crippen molar-refractivity contribution in [2.75, 3.05) is 24.3 Å². The summed E-state index contributed by atoms with van der Waals surface area (Å²) in [5.74, 6) is -1.49. The van der Waals surface area contributed by atoms with Crippen molar-refractivity contribution in [2.24, 2.45) is 0 Å². The van der Waals surface area contributed by atoms with Crippen LogP contribution >= 0.6 is 11.8 Å². The van der Waals surface area contributed by atoms with Crippen molar-refractivity contribution in [2.45, 2.75) is 19.3 Å². The maximum Gasteiger partial charge on any atom is 0.253 e. The molecule has 3 N–H and O–H groups in total. The second-order valence-electron chi connectivity index (χ2n) is 4.16. The fourth-order valence-electron chi connectivity index (χ4n) is 1.60. The molecule has 0 saturated carbocycles. The fraction of sp³-hybridized carbons (Fsp3) is 0.462. The van der Waals surface area contributed by atoms with Crippen molar-refractivity contribution >= 4 is 23.4 Å². The van der Waals surface area contributed by atoms with Crippen LogP contribution in [-0.2, 0) is 0 Å². The van der Waals surface area contributed by atoms with Gasteiger partial charge in [-0.25, -0.2) is 8.78 Å². The normalized spacial score (nSPS) is 10.5. The third kappa shape index (κ3) is 5.06. The molecule has 19 heavy (non-hydrogen) atoms. The quantitative estimate of drug-likeness (QED) is 0.599. The predicted octanol–water partition coefficient (Wildman–Crippen LogP) is 2.81. The molecular formula is C13H18F2N2OS. The zero-order valence-corrected chi connectivity index (χ0v) is 11.7. The van der Waals surface area contributed by atoms with Gasteiger partial charge in [-0.3, -0.25) is 4.79 Å². The number of carbonyl (C=O) groups is 1. The second kappa shape index (κ2) is 7.99. The number of nitrogen functional groups attached to an aromatic ring is 1. The topological polar surface area (TPSA) is 55.1 Å². The van der Waals surface area contributed by atoms with Gasteiger partial charge in [-0.05, 0) is 30.9 Å². The van der Waals surface area contributed by atoms with Gasteiger partial charge in [0.2, 0.25) is 0 Å².